The van der Waals surface area contributed by atoms with Crippen LogP contribution in [0.3, 0.4) is 0 Å². The van der Waals surface area contributed by atoms with Gasteiger partial charge in [0.15, 0.2) is 0 Å². The van der Waals surface area contributed by atoms with Gasteiger partial charge in [0.2, 0.25) is 11.8 Å². The Morgan fingerprint density at radius 1 is 0.850 bits per heavy atom. The highest BCUT2D eigenvalue weighted by Crippen LogP contribution is 2.37. The van der Waals surface area contributed by atoms with Crippen molar-refractivity contribution >= 4 is 23.6 Å². The van der Waals surface area contributed by atoms with Gasteiger partial charge in [0.1, 0.15) is 17.5 Å². The number of ether oxygens (including phenoxy) is 1. The molecule has 40 heavy (non-hydrogen) atoms. The van der Waals surface area contributed by atoms with E-state index in [-0.39, 0.29) is 24.0 Å². The fraction of sp³-hybridized carbons (Fsp3) is 0.290. The molecule has 9 nitrogen and oxygen atoms in total. The highest BCUT2D eigenvalue weighted by molar-refractivity contribution is 6.23. The number of nitrogens with one attached hydrogen (secondary N) is 1. The number of fused-ring (bicyclic) bond motifs is 1. The number of likely N-dealkylation sites (tertiary alicyclic amines) is 1. The highest BCUT2D eigenvalue weighted by atomic mass is 16.5. The summed E-state index contributed by atoms with van der Waals surface area (Å²) in [4.78, 5) is 53.3. The van der Waals surface area contributed by atoms with Crippen LogP contribution in [0.4, 0.5) is 0 Å². The lowest BCUT2D eigenvalue weighted by Gasteiger charge is -2.38. The lowest BCUT2D eigenvalue weighted by atomic mass is 9.83. The molecule has 1 atom stereocenters. The zero-order valence-electron chi connectivity index (χ0n) is 21.8. The Bertz CT molecular complexity index is 1500. The number of carbonyl (C=O) groups is 4. The average Bonchev–Trinajstić information content (AvgIpc) is 3.20. The maximum atomic E-state index is 13.2. The predicted molar refractivity (Wildman–Crippen MR) is 144 cm³/mol. The molecule has 0 aromatic heterocycles. The van der Waals surface area contributed by atoms with Crippen LogP contribution in [0, 0.1) is 0 Å². The Morgan fingerprint density at radius 2 is 1.57 bits per heavy atom. The van der Waals surface area contributed by atoms with E-state index < -0.39 is 35.3 Å². The number of nitrogens with zero attached hydrogens (tertiary/aromatic N) is 2. The van der Waals surface area contributed by atoms with E-state index in [4.69, 9.17) is 4.74 Å². The summed E-state index contributed by atoms with van der Waals surface area (Å²) in [5.41, 5.74) is 0.926. The number of aliphatic hydroxyl groups is 1. The average molecular weight is 540 g/mol. The SMILES string of the molecule is O=C1CCC(N2C(=O)c3ccc(C4(O)CCN(Cc5cccc(Oc6ccccc6)c5)CC4)cc3C2=O)C(=O)N1. The molecule has 3 aliphatic rings. The first-order valence-electron chi connectivity index (χ1n) is 13.4. The molecule has 2 fully saturated rings. The molecule has 0 aliphatic carbocycles. The van der Waals surface area contributed by atoms with Crippen molar-refractivity contribution in [3.05, 3.63) is 95.1 Å². The number of para-hydroxylation sites is 1. The Hall–Kier alpha value is -4.34. The zero-order chi connectivity index (χ0) is 27.9. The highest BCUT2D eigenvalue weighted by Gasteiger charge is 2.45. The standard InChI is InChI=1S/C31H29N3O6/c35-27-12-11-26(28(36)32-27)34-29(37)24-10-9-21(18-25(24)30(34)38)31(39)13-15-33(16-14-31)19-20-5-4-8-23(17-20)40-22-6-2-1-3-7-22/h1-10,17-18,26,39H,11-16,19H2,(H,32,35,36). The van der Waals surface area contributed by atoms with Crippen molar-refractivity contribution < 1.29 is 29.0 Å². The number of rotatable bonds is 6. The molecule has 1 unspecified atom stereocenters. The van der Waals surface area contributed by atoms with Crippen LogP contribution in [0.15, 0.2) is 72.8 Å². The first-order valence-corrected chi connectivity index (χ1v) is 13.4. The molecule has 3 aromatic carbocycles. The summed E-state index contributed by atoms with van der Waals surface area (Å²) in [6.07, 6.45) is 1.09. The number of hydrogen-bond acceptors (Lipinski definition) is 7. The van der Waals surface area contributed by atoms with Gasteiger partial charge in [-0.1, -0.05) is 36.4 Å². The second-order valence-electron chi connectivity index (χ2n) is 10.6. The molecular weight excluding hydrogens is 510 g/mol. The van der Waals surface area contributed by atoms with E-state index in [1.807, 2.05) is 48.5 Å². The van der Waals surface area contributed by atoms with E-state index >= 15 is 0 Å². The summed E-state index contributed by atoms with van der Waals surface area (Å²) in [6, 6.07) is 21.4. The fourth-order valence-electron chi connectivity index (χ4n) is 5.72. The molecule has 0 radical (unpaired) electrons. The summed E-state index contributed by atoms with van der Waals surface area (Å²) in [7, 11) is 0. The summed E-state index contributed by atoms with van der Waals surface area (Å²) in [5, 5.41) is 13.7. The van der Waals surface area contributed by atoms with Gasteiger partial charge in [-0.25, -0.2) is 0 Å². The number of piperidine rings is 2. The number of hydrogen-bond donors (Lipinski definition) is 2. The second kappa shape index (κ2) is 10.3. The smallest absolute Gasteiger partial charge is 0.262 e. The molecule has 3 aliphatic heterocycles. The summed E-state index contributed by atoms with van der Waals surface area (Å²) >= 11 is 0. The summed E-state index contributed by atoms with van der Waals surface area (Å²) in [6.45, 7) is 2.00. The van der Waals surface area contributed by atoms with Crippen LogP contribution in [0.5, 0.6) is 11.5 Å². The second-order valence-corrected chi connectivity index (χ2v) is 10.6. The van der Waals surface area contributed by atoms with Crippen LogP contribution in [0.25, 0.3) is 0 Å². The van der Waals surface area contributed by atoms with Gasteiger partial charge in [-0.05, 0) is 66.8 Å². The maximum absolute atomic E-state index is 13.2. The van der Waals surface area contributed by atoms with Crippen molar-refractivity contribution in [1.29, 1.82) is 0 Å². The molecule has 0 spiro atoms. The Morgan fingerprint density at radius 3 is 2.33 bits per heavy atom. The number of imide groups is 2. The van der Waals surface area contributed by atoms with E-state index in [1.165, 1.54) is 0 Å². The molecule has 2 saturated heterocycles. The number of amides is 4. The molecule has 2 N–H and O–H groups in total. The lowest BCUT2D eigenvalue weighted by molar-refractivity contribution is -0.136. The maximum Gasteiger partial charge on any atom is 0.262 e. The molecule has 3 aromatic rings. The van der Waals surface area contributed by atoms with Crippen LogP contribution >= 0.6 is 0 Å². The van der Waals surface area contributed by atoms with Crippen LogP contribution in [0.1, 0.15) is 57.5 Å². The van der Waals surface area contributed by atoms with Gasteiger partial charge >= 0.3 is 0 Å². The third-order valence-electron chi connectivity index (χ3n) is 7.94. The third kappa shape index (κ3) is 4.89. The van der Waals surface area contributed by atoms with E-state index in [2.05, 4.69) is 16.3 Å². The van der Waals surface area contributed by atoms with Gasteiger partial charge in [-0.3, -0.25) is 34.3 Å². The first-order chi connectivity index (χ1) is 19.3. The molecule has 204 valence electrons. The van der Waals surface area contributed by atoms with Crippen molar-refractivity contribution in [3.8, 4) is 11.5 Å². The van der Waals surface area contributed by atoms with Gasteiger partial charge in [0.25, 0.3) is 11.8 Å². The topological polar surface area (TPSA) is 116 Å². The minimum Gasteiger partial charge on any atom is -0.457 e. The summed E-state index contributed by atoms with van der Waals surface area (Å²) < 4.78 is 5.96. The molecule has 0 bridgehead atoms. The molecule has 0 saturated carbocycles. The summed E-state index contributed by atoms with van der Waals surface area (Å²) in [5.74, 6) is -0.647. The molecule has 3 heterocycles. The van der Waals surface area contributed by atoms with Crippen molar-refractivity contribution in [3.63, 3.8) is 0 Å². The van der Waals surface area contributed by atoms with Crippen molar-refractivity contribution in [2.24, 2.45) is 0 Å². The van der Waals surface area contributed by atoms with Gasteiger partial charge in [-0.15, -0.1) is 0 Å². The quantitative estimate of drug-likeness (QED) is 0.462. The predicted octanol–water partition coefficient (Wildman–Crippen LogP) is 3.36. The van der Waals surface area contributed by atoms with Crippen LogP contribution in [-0.4, -0.2) is 57.7 Å². The Balaban J connectivity index is 1.12. The molecule has 9 heteroatoms. The van der Waals surface area contributed by atoms with Crippen molar-refractivity contribution in [1.82, 2.24) is 15.1 Å². The van der Waals surface area contributed by atoms with E-state index in [9.17, 15) is 24.3 Å². The Kier molecular flexibility index (Phi) is 6.69. The monoisotopic (exact) mass is 539 g/mol. The Labute approximate surface area is 231 Å². The van der Waals surface area contributed by atoms with E-state index in [0.29, 0.717) is 38.0 Å². The first kappa shape index (κ1) is 25.9. The van der Waals surface area contributed by atoms with Crippen LogP contribution in [0.2, 0.25) is 0 Å². The largest absolute Gasteiger partial charge is 0.457 e. The third-order valence-corrected chi connectivity index (χ3v) is 7.94. The minimum absolute atomic E-state index is 0.0651. The van der Waals surface area contributed by atoms with E-state index in [1.54, 1.807) is 18.2 Å². The van der Waals surface area contributed by atoms with Gasteiger partial charge in [0, 0.05) is 26.1 Å². The fourth-order valence-corrected chi connectivity index (χ4v) is 5.72. The number of carbonyl (C=O) groups excluding carboxylic acids is 4. The lowest BCUT2D eigenvalue weighted by Crippen LogP contribution is -2.54. The van der Waals surface area contributed by atoms with Gasteiger partial charge in [-0.2, -0.15) is 0 Å². The zero-order valence-corrected chi connectivity index (χ0v) is 21.8. The van der Waals surface area contributed by atoms with Gasteiger partial charge < -0.3 is 9.84 Å². The molecule has 4 amide bonds. The van der Waals surface area contributed by atoms with Crippen LogP contribution < -0.4 is 10.1 Å². The number of benzene rings is 3. The van der Waals surface area contributed by atoms with Gasteiger partial charge in [0.05, 0.1) is 16.7 Å². The van der Waals surface area contributed by atoms with E-state index in [0.717, 1.165) is 22.0 Å². The normalized spacial score (nSPS) is 20.8. The van der Waals surface area contributed by atoms with Crippen LogP contribution in [-0.2, 0) is 21.7 Å². The molecular formula is C31H29N3O6. The van der Waals surface area contributed by atoms with Crippen molar-refractivity contribution in [2.45, 2.75) is 43.9 Å². The molecule has 6 rings (SSSR count). The minimum atomic E-state index is -1.14. The van der Waals surface area contributed by atoms with Crippen molar-refractivity contribution in [2.75, 3.05) is 13.1 Å².